The largest absolute Gasteiger partial charge is 0.379 e. The molecule has 1 rings (SSSR count). The number of morpholine rings is 1. The van der Waals surface area contributed by atoms with Gasteiger partial charge in [-0.3, -0.25) is 4.90 Å². The summed E-state index contributed by atoms with van der Waals surface area (Å²) in [6, 6.07) is 0. The van der Waals surface area contributed by atoms with E-state index in [-0.39, 0.29) is 11.0 Å². The maximum absolute atomic E-state index is 11.8. The first-order chi connectivity index (χ1) is 7.56. The molecule has 1 atom stereocenters. The highest BCUT2D eigenvalue weighted by molar-refractivity contribution is 7.92. The molecule has 1 heterocycles. The lowest BCUT2D eigenvalue weighted by Gasteiger charge is -2.26. The maximum Gasteiger partial charge on any atom is 0.154 e. The van der Waals surface area contributed by atoms with E-state index in [2.05, 4.69) is 4.90 Å². The molecule has 0 amide bonds. The number of ether oxygens (including phenoxy) is 1. The van der Waals surface area contributed by atoms with Gasteiger partial charge in [0.15, 0.2) is 9.84 Å². The average molecular weight is 250 g/mol. The van der Waals surface area contributed by atoms with E-state index in [4.69, 9.17) is 10.5 Å². The number of nitrogens with zero attached hydrogens (tertiary/aromatic N) is 1. The Morgan fingerprint density at radius 2 is 2.00 bits per heavy atom. The van der Waals surface area contributed by atoms with Crippen LogP contribution in [0.15, 0.2) is 0 Å². The molecule has 1 saturated heterocycles. The van der Waals surface area contributed by atoms with Crippen molar-refractivity contribution in [3.05, 3.63) is 0 Å². The van der Waals surface area contributed by atoms with Gasteiger partial charge in [-0.25, -0.2) is 8.42 Å². The van der Waals surface area contributed by atoms with Gasteiger partial charge in [0.2, 0.25) is 0 Å². The molecule has 96 valence electrons. The molecule has 5 nitrogen and oxygen atoms in total. The Kier molecular flexibility index (Phi) is 5.68. The van der Waals surface area contributed by atoms with Gasteiger partial charge in [-0.15, -0.1) is 0 Å². The van der Waals surface area contributed by atoms with Crippen molar-refractivity contribution in [2.24, 2.45) is 5.73 Å². The topological polar surface area (TPSA) is 72.6 Å². The standard InChI is InChI=1S/C10H22N2O3S/c1-10(2-3-11)16(13,14)9-6-12-4-7-15-8-5-12/h10H,2-9,11H2,1H3. The second kappa shape index (κ2) is 6.54. The number of rotatable bonds is 6. The molecule has 6 heteroatoms. The van der Waals surface area contributed by atoms with Gasteiger partial charge in [0.25, 0.3) is 0 Å². The van der Waals surface area contributed by atoms with Gasteiger partial charge >= 0.3 is 0 Å². The smallest absolute Gasteiger partial charge is 0.154 e. The summed E-state index contributed by atoms with van der Waals surface area (Å²) < 4.78 is 28.9. The SMILES string of the molecule is CC(CCN)S(=O)(=O)CCN1CCOCC1. The second-order valence-electron chi connectivity index (χ2n) is 4.21. The predicted octanol–water partition coefficient (Wildman–Crippen LogP) is -0.529. The van der Waals surface area contributed by atoms with Gasteiger partial charge in [0, 0.05) is 19.6 Å². The first kappa shape index (κ1) is 13.9. The normalized spacial score (nSPS) is 20.9. The van der Waals surface area contributed by atoms with E-state index < -0.39 is 9.84 Å². The number of hydrogen-bond acceptors (Lipinski definition) is 5. The van der Waals surface area contributed by atoms with E-state index in [1.807, 2.05) is 0 Å². The third kappa shape index (κ3) is 4.37. The fourth-order valence-corrected chi connectivity index (χ4v) is 3.11. The zero-order chi connectivity index (χ0) is 12.0. The zero-order valence-corrected chi connectivity index (χ0v) is 10.7. The van der Waals surface area contributed by atoms with Crippen molar-refractivity contribution in [2.75, 3.05) is 45.1 Å². The summed E-state index contributed by atoms with van der Waals surface area (Å²) in [4.78, 5) is 2.14. The Bertz CT molecular complexity index is 286. The van der Waals surface area contributed by atoms with Crippen LogP contribution in [-0.4, -0.2) is 63.7 Å². The maximum atomic E-state index is 11.8. The Morgan fingerprint density at radius 1 is 1.38 bits per heavy atom. The van der Waals surface area contributed by atoms with Crippen LogP contribution >= 0.6 is 0 Å². The fourth-order valence-electron chi connectivity index (χ4n) is 1.70. The van der Waals surface area contributed by atoms with E-state index in [1.54, 1.807) is 6.92 Å². The summed E-state index contributed by atoms with van der Waals surface area (Å²) in [7, 11) is -2.98. The molecule has 2 N–H and O–H groups in total. The summed E-state index contributed by atoms with van der Waals surface area (Å²) in [5, 5.41) is -0.321. The minimum atomic E-state index is -2.98. The highest BCUT2D eigenvalue weighted by Gasteiger charge is 2.21. The van der Waals surface area contributed by atoms with E-state index in [1.165, 1.54) is 0 Å². The summed E-state index contributed by atoms with van der Waals surface area (Å²) in [6.07, 6.45) is 0.547. The summed E-state index contributed by atoms with van der Waals surface area (Å²) in [5.74, 6) is 0.230. The first-order valence-electron chi connectivity index (χ1n) is 5.78. The van der Waals surface area contributed by atoms with Crippen LogP contribution in [0.2, 0.25) is 0 Å². The van der Waals surface area contributed by atoms with Crippen LogP contribution in [0.3, 0.4) is 0 Å². The Morgan fingerprint density at radius 3 is 2.56 bits per heavy atom. The van der Waals surface area contributed by atoms with E-state index in [0.717, 1.165) is 13.1 Å². The minimum absolute atomic E-state index is 0.230. The molecule has 0 aromatic rings. The van der Waals surface area contributed by atoms with E-state index >= 15 is 0 Å². The van der Waals surface area contributed by atoms with Crippen molar-refractivity contribution in [3.63, 3.8) is 0 Å². The monoisotopic (exact) mass is 250 g/mol. The van der Waals surface area contributed by atoms with Gasteiger partial charge in [0.05, 0.1) is 24.2 Å². The van der Waals surface area contributed by atoms with Crippen LogP contribution in [0, 0.1) is 0 Å². The van der Waals surface area contributed by atoms with Crippen LogP contribution < -0.4 is 5.73 Å². The zero-order valence-electron chi connectivity index (χ0n) is 9.89. The number of hydrogen-bond donors (Lipinski definition) is 1. The molecule has 1 unspecified atom stereocenters. The first-order valence-corrected chi connectivity index (χ1v) is 7.49. The van der Waals surface area contributed by atoms with Crippen LogP contribution in [0.5, 0.6) is 0 Å². The Hall–Kier alpha value is -0.170. The molecule has 0 aromatic heterocycles. The molecule has 0 spiro atoms. The average Bonchev–Trinajstić information content (AvgIpc) is 2.28. The van der Waals surface area contributed by atoms with Crippen molar-refractivity contribution < 1.29 is 13.2 Å². The molecule has 0 bridgehead atoms. The van der Waals surface area contributed by atoms with Gasteiger partial charge in [-0.2, -0.15) is 0 Å². The molecule has 0 radical (unpaired) electrons. The minimum Gasteiger partial charge on any atom is -0.379 e. The van der Waals surface area contributed by atoms with Crippen LogP contribution in [0.1, 0.15) is 13.3 Å². The second-order valence-corrected chi connectivity index (χ2v) is 6.75. The predicted molar refractivity (Wildman–Crippen MR) is 64.2 cm³/mol. The quantitative estimate of drug-likeness (QED) is 0.686. The van der Waals surface area contributed by atoms with Crippen molar-refractivity contribution in [1.29, 1.82) is 0 Å². The van der Waals surface area contributed by atoms with Crippen molar-refractivity contribution in [2.45, 2.75) is 18.6 Å². The van der Waals surface area contributed by atoms with E-state index in [0.29, 0.717) is 32.7 Å². The van der Waals surface area contributed by atoms with Gasteiger partial charge in [0.1, 0.15) is 0 Å². The number of nitrogens with two attached hydrogens (primary N) is 1. The van der Waals surface area contributed by atoms with Gasteiger partial charge < -0.3 is 10.5 Å². The third-order valence-corrected chi connectivity index (χ3v) is 5.20. The molecule has 0 saturated carbocycles. The van der Waals surface area contributed by atoms with Gasteiger partial charge in [-0.05, 0) is 19.9 Å². The summed E-state index contributed by atoms with van der Waals surface area (Å²) in [6.45, 7) is 5.86. The summed E-state index contributed by atoms with van der Waals surface area (Å²) in [5.41, 5.74) is 5.37. The fraction of sp³-hybridized carbons (Fsp3) is 1.00. The van der Waals surface area contributed by atoms with Crippen LogP contribution in [-0.2, 0) is 14.6 Å². The molecule has 1 fully saturated rings. The molecule has 16 heavy (non-hydrogen) atoms. The molecule has 0 aliphatic carbocycles. The molecular weight excluding hydrogens is 228 g/mol. The Labute approximate surface area is 97.9 Å². The molecule has 1 aliphatic heterocycles. The highest BCUT2D eigenvalue weighted by atomic mass is 32.2. The van der Waals surface area contributed by atoms with Crippen molar-refractivity contribution in [1.82, 2.24) is 4.90 Å². The Balaban J connectivity index is 2.34. The lowest BCUT2D eigenvalue weighted by molar-refractivity contribution is 0.0408. The lowest BCUT2D eigenvalue weighted by Crippen LogP contribution is -2.40. The van der Waals surface area contributed by atoms with Gasteiger partial charge in [-0.1, -0.05) is 0 Å². The van der Waals surface area contributed by atoms with Crippen LogP contribution in [0.25, 0.3) is 0 Å². The van der Waals surface area contributed by atoms with E-state index in [9.17, 15) is 8.42 Å². The lowest BCUT2D eigenvalue weighted by atomic mass is 10.3. The third-order valence-electron chi connectivity index (χ3n) is 2.98. The highest BCUT2D eigenvalue weighted by Crippen LogP contribution is 2.07. The van der Waals surface area contributed by atoms with Crippen LogP contribution in [0.4, 0.5) is 0 Å². The number of sulfone groups is 1. The summed E-state index contributed by atoms with van der Waals surface area (Å²) >= 11 is 0. The van der Waals surface area contributed by atoms with Crippen molar-refractivity contribution in [3.8, 4) is 0 Å². The molecule has 1 aliphatic rings. The van der Waals surface area contributed by atoms with Crippen molar-refractivity contribution >= 4 is 9.84 Å². The molecule has 0 aromatic carbocycles. The molecular formula is C10H22N2O3S.